The van der Waals surface area contributed by atoms with E-state index in [4.69, 9.17) is 9.47 Å². The summed E-state index contributed by atoms with van der Waals surface area (Å²) in [5.41, 5.74) is 1.77. The lowest BCUT2D eigenvalue weighted by molar-refractivity contribution is -0.121. The highest BCUT2D eigenvalue weighted by atomic mass is 32.2. The van der Waals surface area contributed by atoms with Gasteiger partial charge in [-0.2, -0.15) is 0 Å². The van der Waals surface area contributed by atoms with E-state index in [0.29, 0.717) is 22.3 Å². The van der Waals surface area contributed by atoms with Crippen molar-refractivity contribution in [3.8, 4) is 11.5 Å². The minimum absolute atomic E-state index is 0.0368. The van der Waals surface area contributed by atoms with Gasteiger partial charge in [-0.05, 0) is 55.7 Å². The van der Waals surface area contributed by atoms with Crippen molar-refractivity contribution in [2.24, 2.45) is 4.99 Å². The predicted octanol–water partition coefficient (Wildman–Crippen LogP) is 4.63. The van der Waals surface area contributed by atoms with Gasteiger partial charge < -0.3 is 14.8 Å². The van der Waals surface area contributed by atoms with E-state index >= 15 is 0 Å². The number of carbonyl (C=O) groups excluding carboxylic acids is 2. The molecule has 0 aromatic heterocycles. The van der Waals surface area contributed by atoms with Crippen molar-refractivity contribution >= 4 is 40.5 Å². The molecule has 1 aliphatic heterocycles. The molecule has 1 aliphatic carbocycles. The number of nitrogens with zero attached hydrogens (tertiary/aromatic N) is 2. The molecule has 1 fully saturated rings. The van der Waals surface area contributed by atoms with Gasteiger partial charge in [0.1, 0.15) is 17.2 Å². The topological polar surface area (TPSA) is 80.2 Å². The molecule has 0 radical (unpaired) electrons. The Bertz CT molecular complexity index is 1110. The molecule has 2 aromatic carbocycles. The van der Waals surface area contributed by atoms with Gasteiger partial charge >= 0.3 is 0 Å². The van der Waals surface area contributed by atoms with E-state index in [2.05, 4.69) is 10.3 Å². The van der Waals surface area contributed by atoms with Crippen LogP contribution in [-0.4, -0.2) is 42.5 Å². The van der Waals surface area contributed by atoms with Crippen molar-refractivity contribution in [3.05, 3.63) is 59.8 Å². The Morgan fingerprint density at radius 2 is 1.82 bits per heavy atom. The van der Waals surface area contributed by atoms with Crippen molar-refractivity contribution in [1.82, 2.24) is 5.32 Å². The summed E-state index contributed by atoms with van der Waals surface area (Å²) in [6.07, 6.45) is 6.08. The summed E-state index contributed by atoms with van der Waals surface area (Å²) in [6.45, 7) is 1.84. The van der Waals surface area contributed by atoms with Crippen LogP contribution in [0.5, 0.6) is 11.5 Å². The third kappa shape index (κ3) is 5.44. The Morgan fingerprint density at radius 3 is 2.50 bits per heavy atom. The Balaban J connectivity index is 1.61. The quantitative estimate of drug-likeness (QED) is 0.586. The first-order valence-corrected chi connectivity index (χ1v) is 12.3. The van der Waals surface area contributed by atoms with Crippen LogP contribution < -0.4 is 19.7 Å². The van der Waals surface area contributed by atoms with Gasteiger partial charge in [0.2, 0.25) is 5.91 Å². The molecule has 1 heterocycles. The number of methoxy groups -OCH3 is 2. The summed E-state index contributed by atoms with van der Waals surface area (Å²) in [6, 6.07) is 14.9. The van der Waals surface area contributed by atoms with Gasteiger partial charge in [-0.3, -0.25) is 14.5 Å². The van der Waals surface area contributed by atoms with Crippen LogP contribution >= 0.6 is 11.8 Å². The highest BCUT2D eigenvalue weighted by Crippen LogP contribution is 2.33. The van der Waals surface area contributed by atoms with E-state index in [1.165, 1.54) is 11.8 Å². The fourth-order valence-electron chi connectivity index (χ4n) is 4.01. The molecule has 2 amide bonds. The smallest absolute Gasteiger partial charge is 0.283 e. The molecule has 1 N–H and O–H groups in total. The maximum atomic E-state index is 13.4. The van der Waals surface area contributed by atoms with Crippen LogP contribution in [0, 0.1) is 0 Å². The number of hydrogen-bond acceptors (Lipinski definition) is 6. The van der Waals surface area contributed by atoms with Crippen LogP contribution in [0.15, 0.2) is 59.2 Å². The standard InChI is InChI=1S/C26H29N3O4S/c1-17(24(30)27-19-7-4-5-8-19)34-26-28-23(15-18-11-13-21(32-2)14-12-18)25(31)29(26)20-9-6-10-22(16-20)33-3/h6,9-17,19H,4-5,7-8H2,1-3H3,(H,27,30). The number of aliphatic imine (C=N–C) groups is 1. The third-order valence-electron chi connectivity index (χ3n) is 5.91. The highest BCUT2D eigenvalue weighted by molar-refractivity contribution is 8.15. The molecule has 0 bridgehead atoms. The summed E-state index contributed by atoms with van der Waals surface area (Å²) in [5.74, 6) is 1.08. The number of thioether (sulfide) groups is 1. The van der Waals surface area contributed by atoms with Crippen LogP contribution in [0.4, 0.5) is 5.69 Å². The normalized spacial score (nSPS) is 18.2. The van der Waals surface area contributed by atoms with Gasteiger partial charge in [0.15, 0.2) is 5.17 Å². The van der Waals surface area contributed by atoms with E-state index in [1.54, 1.807) is 31.3 Å². The fourth-order valence-corrected chi connectivity index (χ4v) is 4.95. The number of anilines is 1. The van der Waals surface area contributed by atoms with E-state index in [1.807, 2.05) is 49.4 Å². The number of ether oxygens (including phenoxy) is 2. The Kier molecular flexibility index (Phi) is 7.57. The molecule has 0 saturated heterocycles. The molecule has 178 valence electrons. The van der Waals surface area contributed by atoms with E-state index in [0.717, 1.165) is 37.0 Å². The average molecular weight is 480 g/mol. The molecule has 1 atom stereocenters. The van der Waals surface area contributed by atoms with Crippen molar-refractivity contribution in [3.63, 3.8) is 0 Å². The van der Waals surface area contributed by atoms with Crippen LogP contribution in [0.1, 0.15) is 38.2 Å². The average Bonchev–Trinajstić information content (AvgIpc) is 3.47. The molecular formula is C26H29N3O4S. The Labute approximate surface area is 204 Å². The van der Waals surface area contributed by atoms with Crippen molar-refractivity contribution in [2.75, 3.05) is 19.1 Å². The maximum Gasteiger partial charge on any atom is 0.283 e. The van der Waals surface area contributed by atoms with Crippen molar-refractivity contribution in [1.29, 1.82) is 0 Å². The molecule has 1 saturated carbocycles. The summed E-state index contributed by atoms with van der Waals surface area (Å²) >= 11 is 1.28. The molecule has 1 unspecified atom stereocenters. The number of amides is 2. The molecule has 2 aromatic rings. The van der Waals surface area contributed by atoms with E-state index in [-0.39, 0.29) is 17.9 Å². The number of rotatable bonds is 7. The lowest BCUT2D eigenvalue weighted by Crippen LogP contribution is -2.39. The second-order valence-electron chi connectivity index (χ2n) is 8.29. The highest BCUT2D eigenvalue weighted by Gasteiger charge is 2.34. The van der Waals surface area contributed by atoms with Gasteiger partial charge in [-0.25, -0.2) is 4.99 Å². The van der Waals surface area contributed by atoms with Crippen LogP contribution in [0.3, 0.4) is 0 Å². The molecule has 8 heteroatoms. The maximum absolute atomic E-state index is 13.4. The summed E-state index contributed by atoms with van der Waals surface area (Å²) in [4.78, 5) is 32.4. The molecule has 7 nitrogen and oxygen atoms in total. The summed E-state index contributed by atoms with van der Waals surface area (Å²) in [5, 5.41) is 3.20. The van der Waals surface area contributed by atoms with Gasteiger partial charge in [0.05, 0.1) is 25.2 Å². The Morgan fingerprint density at radius 1 is 1.12 bits per heavy atom. The molecular weight excluding hydrogens is 450 g/mol. The molecule has 34 heavy (non-hydrogen) atoms. The van der Waals surface area contributed by atoms with E-state index in [9.17, 15) is 9.59 Å². The number of benzene rings is 2. The van der Waals surface area contributed by atoms with Gasteiger partial charge in [0, 0.05) is 12.1 Å². The van der Waals surface area contributed by atoms with Gasteiger partial charge in [0.25, 0.3) is 5.91 Å². The van der Waals surface area contributed by atoms with Crippen LogP contribution in [-0.2, 0) is 9.59 Å². The molecule has 2 aliphatic rings. The fraction of sp³-hybridized carbons (Fsp3) is 0.346. The van der Waals surface area contributed by atoms with Crippen LogP contribution in [0.25, 0.3) is 6.08 Å². The number of nitrogens with one attached hydrogen (secondary N) is 1. The lowest BCUT2D eigenvalue weighted by Gasteiger charge is -2.21. The zero-order valence-electron chi connectivity index (χ0n) is 19.6. The van der Waals surface area contributed by atoms with Crippen molar-refractivity contribution < 1.29 is 19.1 Å². The number of hydrogen-bond donors (Lipinski definition) is 1. The van der Waals surface area contributed by atoms with E-state index < -0.39 is 5.25 Å². The summed E-state index contributed by atoms with van der Waals surface area (Å²) < 4.78 is 10.6. The first-order chi connectivity index (χ1) is 16.5. The monoisotopic (exact) mass is 479 g/mol. The SMILES string of the molecule is COc1ccc(C=C2N=C(SC(C)C(=O)NC3CCCC3)N(c3cccc(OC)c3)C2=O)cc1. The molecule has 4 rings (SSSR count). The first kappa shape index (κ1) is 23.9. The Hall–Kier alpha value is -3.26. The first-order valence-electron chi connectivity index (χ1n) is 11.4. The largest absolute Gasteiger partial charge is 0.497 e. The minimum atomic E-state index is -0.402. The number of amidine groups is 1. The zero-order valence-corrected chi connectivity index (χ0v) is 20.4. The minimum Gasteiger partial charge on any atom is -0.497 e. The predicted molar refractivity (Wildman–Crippen MR) is 136 cm³/mol. The zero-order chi connectivity index (χ0) is 24.1. The number of carbonyl (C=O) groups is 2. The van der Waals surface area contributed by atoms with Gasteiger partial charge in [-0.1, -0.05) is 42.8 Å². The second-order valence-corrected chi connectivity index (χ2v) is 9.60. The third-order valence-corrected chi connectivity index (χ3v) is 6.97. The summed E-state index contributed by atoms with van der Waals surface area (Å²) in [7, 11) is 3.19. The molecule has 0 spiro atoms. The lowest BCUT2D eigenvalue weighted by atomic mass is 10.2. The van der Waals surface area contributed by atoms with Gasteiger partial charge in [-0.15, -0.1) is 0 Å². The van der Waals surface area contributed by atoms with Crippen molar-refractivity contribution in [2.45, 2.75) is 43.9 Å². The second kappa shape index (κ2) is 10.8. The van der Waals surface area contributed by atoms with Crippen LogP contribution in [0.2, 0.25) is 0 Å².